The number of carboxylic acids is 1. The van der Waals surface area contributed by atoms with Gasteiger partial charge in [0.15, 0.2) is 6.04 Å². The number of nitrogens with zero attached hydrogens (tertiary/aromatic N) is 1. The molecule has 19 heavy (non-hydrogen) atoms. The quantitative estimate of drug-likeness (QED) is 0.832. The first-order valence-electron chi connectivity index (χ1n) is 7.25. The van der Waals surface area contributed by atoms with Crippen LogP contribution in [0.15, 0.2) is 0 Å². The molecule has 1 heterocycles. The molecule has 1 amide bonds. The maximum Gasteiger partial charge on any atom is 0.328 e. The zero-order valence-electron chi connectivity index (χ0n) is 11.1. The molecule has 4 atom stereocenters. The summed E-state index contributed by atoms with van der Waals surface area (Å²) in [6.45, 7) is 0.987. The Labute approximate surface area is 112 Å². The van der Waals surface area contributed by atoms with E-state index >= 15 is 0 Å². The number of amides is 1. The molecule has 0 aromatic rings. The van der Waals surface area contributed by atoms with Crippen LogP contribution in [0.5, 0.6) is 0 Å². The van der Waals surface area contributed by atoms with Crippen molar-refractivity contribution in [2.45, 2.75) is 38.1 Å². The van der Waals surface area contributed by atoms with Gasteiger partial charge in [-0.3, -0.25) is 4.79 Å². The lowest BCUT2D eigenvalue weighted by Gasteiger charge is -2.34. The Morgan fingerprint density at radius 1 is 1.26 bits per heavy atom. The first-order valence-corrected chi connectivity index (χ1v) is 7.25. The Bertz CT molecular complexity index is 384. The van der Waals surface area contributed by atoms with Crippen LogP contribution in [-0.2, 0) is 14.3 Å². The molecule has 106 valence electrons. The lowest BCUT2D eigenvalue weighted by atomic mass is 9.86. The van der Waals surface area contributed by atoms with E-state index < -0.39 is 12.0 Å². The Hall–Kier alpha value is -1.10. The monoisotopic (exact) mass is 267 g/mol. The zero-order chi connectivity index (χ0) is 13.4. The lowest BCUT2D eigenvalue weighted by Crippen LogP contribution is -2.53. The first kappa shape index (κ1) is 12.9. The number of ether oxygens (including phenoxy) is 1. The van der Waals surface area contributed by atoms with Gasteiger partial charge in [-0.1, -0.05) is 6.42 Å². The standard InChI is InChI=1S/C14H21NO4/c16-13(7-11-6-9-1-2-10(11)5-9)15-3-4-19-8-12(15)14(17)18/h9-12H,1-8H2,(H,17,18). The highest BCUT2D eigenvalue weighted by Crippen LogP contribution is 2.49. The Morgan fingerprint density at radius 2 is 2.11 bits per heavy atom. The SMILES string of the molecule is O=C(O)C1COCCN1C(=O)CC1CC2CCC1C2. The van der Waals surface area contributed by atoms with E-state index in [1.165, 1.54) is 30.6 Å². The lowest BCUT2D eigenvalue weighted by molar-refractivity contribution is -0.158. The summed E-state index contributed by atoms with van der Waals surface area (Å²) in [5.41, 5.74) is 0. The molecule has 0 aromatic carbocycles. The van der Waals surface area contributed by atoms with Gasteiger partial charge in [0, 0.05) is 13.0 Å². The molecule has 1 saturated heterocycles. The van der Waals surface area contributed by atoms with E-state index in [0.29, 0.717) is 31.4 Å². The molecule has 3 aliphatic rings. The van der Waals surface area contributed by atoms with Crippen LogP contribution >= 0.6 is 0 Å². The van der Waals surface area contributed by atoms with E-state index in [4.69, 9.17) is 9.84 Å². The van der Waals surface area contributed by atoms with E-state index in [-0.39, 0.29) is 12.5 Å². The third-order valence-corrected chi connectivity index (χ3v) is 5.06. The predicted molar refractivity (Wildman–Crippen MR) is 67.5 cm³/mol. The maximum absolute atomic E-state index is 12.4. The molecule has 2 aliphatic carbocycles. The number of carbonyl (C=O) groups is 2. The van der Waals surface area contributed by atoms with Gasteiger partial charge in [0.05, 0.1) is 13.2 Å². The van der Waals surface area contributed by atoms with Crippen LogP contribution in [0.3, 0.4) is 0 Å². The summed E-state index contributed by atoms with van der Waals surface area (Å²) < 4.78 is 5.17. The zero-order valence-corrected chi connectivity index (χ0v) is 11.1. The molecule has 0 spiro atoms. The number of carboxylic acid groups (broad SMARTS) is 1. The summed E-state index contributed by atoms with van der Waals surface area (Å²) in [5.74, 6) is 1.07. The second-order valence-electron chi connectivity index (χ2n) is 6.16. The van der Waals surface area contributed by atoms with Gasteiger partial charge in [-0.25, -0.2) is 4.79 Å². The number of aliphatic carboxylic acids is 1. The van der Waals surface area contributed by atoms with Gasteiger partial charge in [-0.15, -0.1) is 0 Å². The molecule has 5 nitrogen and oxygen atoms in total. The van der Waals surface area contributed by atoms with Gasteiger partial charge in [0.25, 0.3) is 0 Å². The minimum atomic E-state index is -0.957. The third-order valence-electron chi connectivity index (χ3n) is 5.06. The second kappa shape index (κ2) is 5.12. The van der Waals surface area contributed by atoms with E-state index in [2.05, 4.69) is 0 Å². The molecule has 5 heteroatoms. The van der Waals surface area contributed by atoms with Gasteiger partial charge in [0.1, 0.15) is 0 Å². The maximum atomic E-state index is 12.4. The van der Waals surface area contributed by atoms with Gasteiger partial charge >= 0.3 is 5.97 Å². The van der Waals surface area contributed by atoms with Crippen molar-refractivity contribution in [2.24, 2.45) is 17.8 Å². The summed E-state index contributed by atoms with van der Waals surface area (Å²) in [6.07, 6.45) is 5.56. The Morgan fingerprint density at radius 3 is 2.74 bits per heavy atom. The first-order chi connectivity index (χ1) is 9.15. The topological polar surface area (TPSA) is 66.8 Å². The smallest absolute Gasteiger partial charge is 0.328 e. The molecule has 3 fully saturated rings. The summed E-state index contributed by atoms with van der Waals surface area (Å²) >= 11 is 0. The summed E-state index contributed by atoms with van der Waals surface area (Å²) in [6, 6.07) is -0.792. The van der Waals surface area contributed by atoms with Gasteiger partial charge < -0.3 is 14.7 Å². The Balaban J connectivity index is 1.61. The third kappa shape index (κ3) is 2.48. The number of hydrogen-bond donors (Lipinski definition) is 1. The molecule has 4 unspecified atom stereocenters. The van der Waals surface area contributed by atoms with Crippen molar-refractivity contribution in [1.29, 1.82) is 0 Å². The molecular formula is C14H21NO4. The van der Waals surface area contributed by atoms with Crippen LogP contribution in [0.1, 0.15) is 32.1 Å². The van der Waals surface area contributed by atoms with E-state index in [1.54, 1.807) is 0 Å². The van der Waals surface area contributed by atoms with Gasteiger partial charge in [0.2, 0.25) is 5.91 Å². The molecule has 1 N–H and O–H groups in total. The van der Waals surface area contributed by atoms with Crippen LogP contribution in [0.2, 0.25) is 0 Å². The average Bonchev–Trinajstić information content (AvgIpc) is 3.01. The van der Waals surface area contributed by atoms with Crippen molar-refractivity contribution in [1.82, 2.24) is 4.90 Å². The van der Waals surface area contributed by atoms with E-state index in [1.807, 2.05) is 0 Å². The fraction of sp³-hybridized carbons (Fsp3) is 0.857. The van der Waals surface area contributed by atoms with Gasteiger partial charge in [-0.2, -0.15) is 0 Å². The summed E-state index contributed by atoms with van der Waals surface area (Å²) in [7, 11) is 0. The normalized spacial score (nSPS) is 37.6. The predicted octanol–water partition coefficient (Wildman–Crippen LogP) is 1.12. The Kier molecular flexibility index (Phi) is 3.48. The minimum absolute atomic E-state index is 0.00764. The van der Waals surface area contributed by atoms with Crippen molar-refractivity contribution < 1.29 is 19.4 Å². The average molecular weight is 267 g/mol. The molecule has 2 saturated carbocycles. The van der Waals surface area contributed by atoms with Gasteiger partial charge in [-0.05, 0) is 37.0 Å². The van der Waals surface area contributed by atoms with Crippen LogP contribution < -0.4 is 0 Å². The van der Waals surface area contributed by atoms with Crippen molar-refractivity contribution in [3.63, 3.8) is 0 Å². The van der Waals surface area contributed by atoms with Crippen molar-refractivity contribution in [3.05, 3.63) is 0 Å². The largest absolute Gasteiger partial charge is 0.480 e. The molecule has 3 rings (SSSR count). The number of carbonyl (C=O) groups excluding carboxylic acids is 1. The second-order valence-corrected chi connectivity index (χ2v) is 6.16. The van der Waals surface area contributed by atoms with Crippen molar-refractivity contribution in [3.8, 4) is 0 Å². The van der Waals surface area contributed by atoms with Crippen molar-refractivity contribution >= 4 is 11.9 Å². The molecular weight excluding hydrogens is 246 g/mol. The molecule has 0 aromatic heterocycles. The van der Waals surface area contributed by atoms with Crippen LogP contribution in [0, 0.1) is 17.8 Å². The fourth-order valence-corrected chi connectivity index (χ4v) is 4.07. The minimum Gasteiger partial charge on any atom is -0.480 e. The summed E-state index contributed by atoms with van der Waals surface area (Å²) in [5, 5.41) is 9.15. The molecule has 1 aliphatic heterocycles. The molecule has 2 bridgehead atoms. The number of fused-ring (bicyclic) bond motifs is 2. The summed E-state index contributed by atoms with van der Waals surface area (Å²) in [4.78, 5) is 25.0. The van der Waals surface area contributed by atoms with Crippen LogP contribution in [-0.4, -0.2) is 47.7 Å². The van der Waals surface area contributed by atoms with Crippen LogP contribution in [0.4, 0.5) is 0 Å². The number of hydrogen-bond acceptors (Lipinski definition) is 3. The fourth-order valence-electron chi connectivity index (χ4n) is 4.07. The van der Waals surface area contributed by atoms with E-state index in [9.17, 15) is 9.59 Å². The highest BCUT2D eigenvalue weighted by molar-refractivity contribution is 5.84. The number of morpholine rings is 1. The number of rotatable bonds is 3. The van der Waals surface area contributed by atoms with Crippen molar-refractivity contribution in [2.75, 3.05) is 19.8 Å². The van der Waals surface area contributed by atoms with E-state index in [0.717, 1.165) is 5.92 Å². The highest BCUT2D eigenvalue weighted by atomic mass is 16.5. The van der Waals surface area contributed by atoms with Crippen LogP contribution in [0.25, 0.3) is 0 Å². The highest BCUT2D eigenvalue weighted by Gasteiger charge is 2.42. The molecule has 0 radical (unpaired) electrons.